The van der Waals surface area contributed by atoms with Gasteiger partial charge in [0.2, 0.25) is 5.91 Å². The van der Waals surface area contributed by atoms with Gasteiger partial charge in [0.15, 0.2) is 0 Å². The molecule has 3 aliphatic rings. The minimum absolute atomic E-state index is 0.0916. The number of aromatic nitrogens is 2. The summed E-state index contributed by atoms with van der Waals surface area (Å²) >= 11 is 0. The van der Waals surface area contributed by atoms with Crippen LogP contribution in [0, 0.1) is 11.3 Å². The van der Waals surface area contributed by atoms with Crippen molar-refractivity contribution in [1.82, 2.24) is 14.9 Å². The van der Waals surface area contributed by atoms with Crippen LogP contribution < -0.4 is 5.32 Å². The van der Waals surface area contributed by atoms with E-state index in [1.165, 1.54) is 0 Å². The number of amides is 1. The molecule has 1 aromatic heterocycles. The predicted molar refractivity (Wildman–Crippen MR) is 85.8 cm³/mol. The highest BCUT2D eigenvalue weighted by Crippen LogP contribution is 2.49. The minimum atomic E-state index is 0.0916. The second kappa shape index (κ2) is 6.07. The van der Waals surface area contributed by atoms with Gasteiger partial charge >= 0.3 is 0 Å². The highest BCUT2D eigenvalue weighted by atomic mass is 16.5. The minimum Gasteiger partial charge on any atom is -0.381 e. The monoisotopic (exact) mass is 316 g/mol. The van der Waals surface area contributed by atoms with Crippen molar-refractivity contribution in [2.45, 2.75) is 38.1 Å². The Morgan fingerprint density at radius 3 is 3.09 bits per heavy atom. The fourth-order valence-electron chi connectivity index (χ4n) is 4.32. The van der Waals surface area contributed by atoms with Crippen LogP contribution in [0.5, 0.6) is 0 Å². The van der Waals surface area contributed by atoms with Crippen molar-refractivity contribution in [1.29, 1.82) is 0 Å². The Kier molecular flexibility index (Phi) is 3.93. The first-order valence-electron chi connectivity index (χ1n) is 8.63. The van der Waals surface area contributed by atoms with Crippen LogP contribution in [0.2, 0.25) is 0 Å². The van der Waals surface area contributed by atoms with E-state index in [1.54, 1.807) is 12.5 Å². The summed E-state index contributed by atoms with van der Waals surface area (Å²) in [5.74, 6) is 1.30. The summed E-state index contributed by atoms with van der Waals surface area (Å²) in [6.07, 6.45) is 8.71. The third-order valence-electron chi connectivity index (χ3n) is 5.55. The van der Waals surface area contributed by atoms with E-state index in [0.717, 1.165) is 57.6 Å². The zero-order valence-electron chi connectivity index (χ0n) is 13.4. The first kappa shape index (κ1) is 14.9. The maximum Gasteiger partial charge on any atom is 0.228 e. The van der Waals surface area contributed by atoms with Crippen LogP contribution in [0.4, 0.5) is 5.82 Å². The summed E-state index contributed by atoms with van der Waals surface area (Å²) in [5, 5.41) is 3.46. The van der Waals surface area contributed by atoms with E-state index in [0.29, 0.717) is 24.0 Å². The van der Waals surface area contributed by atoms with Gasteiger partial charge in [0.1, 0.15) is 12.1 Å². The van der Waals surface area contributed by atoms with Crippen molar-refractivity contribution in [3.05, 3.63) is 18.6 Å². The zero-order valence-corrected chi connectivity index (χ0v) is 13.4. The van der Waals surface area contributed by atoms with Gasteiger partial charge < -0.3 is 15.0 Å². The molecule has 6 heteroatoms. The molecule has 1 saturated carbocycles. The average molecular weight is 316 g/mol. The molecule has 0 radical (unpaired) electrons. The molecule has 1 aliphatic carbocycles. The number of hydrogen-bond acceptors (Lipinski definition) is 5. The molecule has 2 aliphatic heterocycles. The Labute approximate surface area is 136 Å². The summed E-state index contributed by atoms with van der Waals surface area (Å²) < 4.78 is 5.47. The van der Waals surface area contributed by atoms with Gasteiger partial charge in [-0.15, -0.1) is 0 Å². The molecule has 6 nitrogen and oxygen atoms in total. The number of carbonyl (C=O) groups is 1. The molecule has 1 spiro atoms. The lowest BCUT2D eigenvalue weighted by Gasteiger charge is -2.45. The highest BCUT2D eigenvalue weighted by molar-refractivity contribution is 5.79. The lowest BCUT2D eigenvalue weighted by molar-refractivity contribution is -0.139. The lowest BCUT2D eigenvalue weighted by atomic mass is 9.65. The molecule has 1 aromatic rings. The Bertz CT molecular complexity index is 553. The Balaban J connectivity index is 1.28. The Morgan fingerprint density at radius 2 is 2.35 bits per heavy atom. The van der Waals surface area contributed by atoms with Crippen molar-refractivity contribution < 1.29 is 9.53 Å². The zero-order chi connectivity index (χ0) is 15.7. The normalized spacial score (nSPS) is 33.5. The van der Waals surface area contributed by atoms with Crippen molar-refractivity contribution >= 4 is 11.7 Å². The van der Waals surface area contributed by atoms with Gasteiger partial charge in [-0.25, -0.2) is 9.97 Å². The molecule has 2 saturated heterocycles. The molecule has 124 valence electrons. The Hall–Kier alpha value is -1.69. The smallest absolute Gasteiger partial charge is 0.228 e. The molecule has 3 fully saturated rings. The molecule has 23 heavy (non-hydrogen) atoms. The molecule has 0 bridgehead atoms. The number of ether oxygens (including phenoxy) is 1. The average Bonchev–Trinajstić information content (AvgIpc) is 3.01. The number of nitrogens with one attached hydrogen (secondary N) is 1. The van der Waals surface area contributed by atoms with Gasteiger partial charge in [0.05, 0.1) is 12.5 Å². The van der Waals surface area contributed by atoms with E-state index in [9.17, 15) is 4.79 Å². The quantitative estimate of drug-likeness (QED) is 0.919. The van der Waals surface area contributed by atoms with Crippen LogP contribution in [-0.4, -0.2) is 53.1 Å². The maximum absolute atomic E-state index is 12.6. The van der Waals surface area contributed by atoms with Gasteiger partial charge in [0.25, 0.3) is 0 Å². The van der Waals surface area contributed by atoms with Gasteiger partial charge in [-0.2, -0.15) is 0 Å². The van der Waals surface area contributed by atoms with Crippen molar-refractivity contribution in [2.75, 3.05) is 31.6 Å². The number of anilines is 1. The molecule has 1 amide bonds. The largest absolute Gasteiger partial charge is 0.381 e. The SMILES string of the molecule is O=C([C@@H]1CCCOC1)N1CCC2(CC(Nc3ccncn3)C2)C1. The van der Waals surface area contributed by atoms with E-state index in [2.05, 4.69) is 20.2 Å². The third-order valence-corrected chi connectivity index (χ3v) is 5.55. The summed E-state index contributed by atoms with van der Waals surface area (Å²) in [5.41, 5.74) is 0.329. The van der Waals surface area contributed by atoms with Gasteiger partial charge in [-0.1, -0.05) is 0 Å². The predicted octanol–water partition coefficient (Wildman–Crippen LogP) is 1.70. The topological polar surface area (TPSA) is 67.3 Å². The van der Waals surface area contributed by atoms with E-state index in [4.69, 9.17) is 4.74 Å². The Morgan fingerprint density at radius 1 is 1.43 bits per heavy atom. The van der Waals surface area contributed by atoms with E-state index >= 15 is 0 Å². The van der Waals surface area contributed by atoms with E-state index in [1.807, 2.05) is 6.07 Å². The molecular formula is C17H24N4O2. The summed E-state index contributed by atoms with van der Waals surface area (Å²) in [6, 6.07) is 2.37. The van der Waals surface area contributed by atoms with Crippen LogP contribution in [0.1, 0.15) is 32.1 Å². The van der Waals surface area contributed by atoms with Crippen LogP contribution in [0.15, 0.2) is 18.6 Å². The fourth-order valence-corrected chi connectivity index (χ4v) is 4.32. The van der Waals surface area contributed by atoms with Gasteiger partial charge in [-0.05, 0) is 43.6 Å². The number of nitrogens with zero attached hydrogens (tertiary/aromatic N) is 3. The van der Waals surface area contributed by atoms with E-state index in [-0.39, 0.29) is 5.92 Å². The van der Waals surface area contributed by atoms with Crippen LogP contribution >= 0.6 is 0 Å². The van der Waals surface area contributed by atoms with Crippen molar-refractivity contribution in [3.63, 3.8) is 0 Å². The van der Waals surface area contributed by atoms with Crippen LogP contribution in [0.25, 0.3) is 0 Å². The first-order valence-corrected chi connectivity index (χ1v) is 8.63. The maximum atomic E-state index is 12.6. The number of hydrogen-bond donors (Lipinski definition) is 1. The van der Waals surface area contributed by atoms with Gasteiger partial charge in [0, 0.05) is 31.9 Å². The summed E-state index contributed by atoms with van der Waals surface area (Å²) in [6.45, 7) is 3.25. The van der Waals surface area contributed by atoms with Gasteiger partial charge in [-0.3, -0.25) is 4.79 Å². The number of rotatable bonds is 3. The molecule has 4 rings (SSSR count). The molecule has 3 heterocycles. The lowest BCUT2D eigenvalue weighted by Crippen LogP contribution is -2.48. The third kappa shape index (κ3) is 3.04. The molecule has 1 atom stereocenters. The molecule has 0 unspecified atom stereocenters. The highest BCUT2D eigenvalue weighted by Gasteiger charge is 2.50. The summed E-state index contributed by atoms with van der Waals surface area (Å²) in [7, 11) is 0. The standard InChI is InChI=1S/C17H24N4O2/c22-16(13-2-1-7-23-10-13)21-6-4-17(11-21)8-14(9-17)20-15-3-5-18-12-19-15/h3,5,12-14H,1-2,4,6-11H2,(H,18,19,20)/t13-,14?,17?/m1/s1. The second-order valence-corrected chi connectivity index (χ2v) is 7.27. The molecule has 0 aromatic carbocycles. The van der Waals surface area contributed by atoms with E-state index < -0.39 is 0 Å². The number of likely N-dealkylation sites (tertiary alicyclic amines) is 1. The van der Waals surface area contributed by atoms with Crippen molar-refractivity contribution in [3.8, 4) is 0 Å². The molecule has 1 N–H and O–H groups in total. The van der Waals surface area contributed by atoms with Crippen LogP contribution in [-0.2, 0) is 9.53 Å². The summed E-state index contributed by atoms with van der Waals surface area (Å²) in [4.78, 5) is 22.9. The fraction of sp³-hybridized carbons (Fsp3) is 0.706. The molecular weight excluding hydrogens is 292 g/mol. The number of carbonyl (C=O) groups excluding carboxylic acids is 1. The van der Waals surface area contributed by atoms with Crippen LogP contribution in [0.3, 0.4) is 0 Å². The first-order chi connectivity index (χ1) is 11.2. The van der Waals surface area contributed by atoms with Crippen molar-refractivity contribution in [2.24, 2.45) is 11.3 Å². The second-order valence-electron chi connectivity index (χ2n) is 7.27.